The number of aromatic amines is 1. The summed E-state index contributed by atoms with van der Waals surface area (Å²) < 4.78 is 2.02. The average Bonchev–Trinajstić information content (AvgIpc) is 3.08. The van der Waals surface area contributed by atoms with E-state index in [4.69, 9.17) is 23.8 Å². The fourth-order valence-corrected chi connectivity index (χ4v) is 3.11. The molecule has 0 bridgehead atoms. The van der Waals surface area contributed by atoms with Crippen LogP contribution in [0.15, 0.2) is 35.4 Å². The van der Waals surface area contributed by atoms with Crippen molar-refractivity contribution in [2.45, 2.75) is 13.3 Å². The van der Waals surface area contributed by atoms with Crippen LogP contribution in [0.2, 0.25) is 5.15 Å². The van der Waals surface area contributed by atoms with Gasteiger partial charge in [-0.3, -0.25) is 5.10 Å². The second-order valence-corrected chi connectivity index (χ2v) is 6.30. The van der Waals surface area contributed by atoms with Crippen LogP contribution in [0.4, 0.5) is 10.8 Å². The fraction of sp³-hybridized carbons (Fsp3) is 0.143. The van der Waals surface area contributed by atoms with E-state index in [0.29, 0.717) is 15.1 Å². The number of benzene rings is 1. The minimum absolute atomic E-state index is 0.394. The van der Waals surface area contributed by atoms with Gasteiger partial charge in [-0.15, -0.1) is 0 Å². The van der Waals surface area contributed by atoms with E-state index in [9.17, 15) is 0 Å². The summed E-state index contributed by atoms with van der Waals surface area (Å²) in [7, 11) is 0. The fourth-order valence-electron chi connectivity index (χ4n) is 1.87. The Hall–Kier alpha value is -2.03. The summed E-state index contributed by atoms with van der Waals surface area (Å²) in [6, 6.07) is 9.78. The molecular weight excluding hydrogens is 352 g/mol. The molecule has 0 amide bonds. The quantitative estimate of drug-likeness (QED) is 0.524. The molecule has 3 aromatic rings. The van der Waals surface area contributed by atoms with E-state index < -0.39 is 0 Å². The van der Waals surface area contributed by atoms with E-state index in [1.165, 1.54) is 11.3 Å². The lowest BCUT2D eigenvalue weighted by molar-refractivity contribution is 0.780. The predicted octanol–water partition coefficient (Wildman–Crippen LogP) is 4.24. The molecule has 118 valence electrons. The Labute approximate surface area is 146 Å². The highest BCUT2D eigenvalue weighted by Crippen LogP contribution is 2.27. The molecule has 0 radical (unpaired) electrons. The molecular formula is C14H13ClN6S2. The summed E-state index contributed by atoms with van der Waals surface area (Å²) in [6.45, 7) is 1.98. The monoisotopic (exact) mass is 364 g/mol. The lowest BCUT2D eigenvalue weighted by Gasteiger charge is -1.99. The number of nitrogens with one attached hydrogen (secondary N) is 2. The van der Waals surface area contributed by atoms with Crippen LogP contribution in [0.5, 0.6) is 0 Å². The number of nitrogens with zero attached hydrogens (tertiary/aromatic N) is 4. The highest BCUT2D eigenvalue weighted by molar-refractivity contribution is 7.71. The van der Waals surface area contributed by atoms with Gasteiger partial charge < -0.3 is 5.32 Å². The summed E-state index contributed by atoms with van der Waals surface area (Å²) >= 11 is 12.7. The molecule has 0 saturated heterocycles. The molecule has 0 unspecified atom stereocenters. The standard InChI is InChI=1S/C14H13ClN6S2/c1-2-11-19-20-14(22)21(11)16-8-10-12(15)18-13(23-10)17-9-6-4-3-5-7-9/h3-8H,2H2,1H3,(H,17,18)(H,20,22)/b16-8+. The Morgan fingerprint density at radius 2 is 2.22 bits per heavy atom. The van der Waals surface area contributed by atoms with Gasteiger partial charge in [0.15, 0.2) is 16.1 Å². The first kappa shape index (κ1) is 15.9. The molecule has 0 aliphatic rings. The van der Waals surface area contributed by atoms with Gasteiger partial charge in [0.25, 0.3) is 0 Å². The maximum Gasteiger partial charge on any atom is 0.216 e. The van der Waals surface area contributed by atoms with Crippen LogP contribution in [0.25, 0.3) is 0 Å². The molecule has 2 heterocycles. The van der Waals surface area contributed by atoms with E-state index in [1.807, 2.05) is 37.3 Å². The van der Waals surface area contributed by atoms with Crippen molar-refractivity contribution in [2.75, 3.05) is 5.32 Å². The van der Waals surface area contributed by atoms with Gasteiger partial charge in [0.2, 0.25) is 4.77 Å². The summed E-state index contributed by atoms with van der Waals surface area (Å²) in [5.74, 6) is 0.759. The number of para-hydroxylation sites is 1. The van der Waals surface area contributed by atoms with Gasteiger partial charge >= 0.3 is 0 Å². The Balaban J connectivity index is 1.82. The third-order valence-electron chi connectivity index (χ3n) is 2.96. The van der Waals surface area contributed by atoms with Crippen LogP contribution < -0.4 is 5.32 Å². The van der Waals surface area contributed by atoms with E-state index in [-0.39, 0.29) is 0 Å². The van der Waals surface area contributed by atoms with Gasteiger partial charge in [0, 0.05) is 12.1 Å². The van der Waals surface area contributed by atoms with Gasteiger partial charge in [-0.2, -0.15) is 14.9 Å². The molecule has 1 aromatic carbocycles. The number of hydrogen-bond donors (Lipinski definition) is 2. The number of anilines is 2. The normalized spacial score (nSPS) is 11.2. The first-order chi connectivity index (χ1) is 11.2. The minimum Gasteiger partial charge on any atom is -0.331 e. The molecule has 6 nitrogen and oxygen atoms in total. The van der Waals surface area contributed by atoms with E-state index >= 15 is 0 Å². The van der Waals surface area contributed by atoms with E-state index in [0.717, 1.165) is 22.8 Å². The van der Waals surface area contributed by atoms with E-state index in [1.54, 1.807) is 10.9 Å². The first-order valence-electron chi connectivity index (χ1n) is 6.86. The molecule has 0 spiro atoms. The Bertz CT molecular complexity index is 880. The Morgan fingerprint density at radius 3 is 2.96 bits per heavy atom. The van der Waals surface area contributed by atoms with Crippen molar-refractivity contribution in [1.82, 2.24) is 19.9 Å². The highest BCUT2D eigenvalue weighted by atomic mass is 35.5. The summed E-state index contributed by atoms with van der Waals surface area (Å²) in [5.41, 5.74) is 0.951. The summed E-state index contributed by atoms with van der Waals surface area (Å²) in [4.78, 5) is 5.04. The van der Waals surface area contributed by atoms with Crippen molar-refractivity contribution in [3.8, 4) is 0 Å². The molecule has 9 heteroatoms. The van der Waals surface area contributed by atoms with Crippen molar-refractivity contribution in [1.29, 1.82) is 0 Å². The van der Waals surface area contributed by atoms with Gasteiger partial charge in [-0.05, 0) is 24.4 Å². The zero-order valence-corrected chi connectivity index (χ0v) is 14.5. The molecule has 0 fully saturated rings. The maximum absolute atomic E-state index is 6.17. The number of aryl methyl sites for hydroxylation is 1. The second-order valence-electron chi connectivity index (χ2n) is 4.52. The smallest absolute Gasteiger partial charge is 0.216 e. The number of thiazole rings is 1. The number of hydrogen-bond acceptors (Lipinski definition) is 6. The number of halogens is 1. The topological polar surface area (TPSA) is 70.9 Å². The van der Waals surface area contributed by atoms with Gasteiger partial charge in [0.1, 0.15) is 0 Å². The molecule has 0 atom stereocenters. The molecule has 23 heavy (non-hydrogen) atoms. The highest BCUT2D eigenvalue weighted by Gasteiger charge is 2.08. The second kappa shape index (κ2) is 7.03. The van der Waals surface area contributed by atoms with Gasteiger partial charge in [-0.1, -0.05) is 48.1 Å². The van der Waals surface area contributed by atoms with Crippen LogP contribution in [0.3, 0.4) is 0 Å². The first-order valence-corrected chi connectivity index (χ1v) is 8.46. The maximum atomic E-state index is 6.17. The van der Waals surface area contributed by atoms with Crippen molar-refractivity contribution in [3.05, 3.63) is 51.0 Å². The average molecular weight is 365 g/mol. The number of H-pyrrole nitrogens is 1. The number of rotatable bonds is 5. The van der Waals surface area contributed by atoms with Crippen LogP contribution in [-0.4, -0.2) is 26.1 Å². The summed E-state index contributed by atoms with van der Waals surface area (Å²) in [6.07, 6.45) is 2.36. The summed E-state index contributed by atoms with van der Waals surface area (Å²) in [5, 5.41) is 15.5. The van der Waals surface area contributed by atoms with Crippen molar-refractivity contribution in [3.63, 3.8) is 0 Å². The SMILES string of the molecule is CCc1n[nH]c(=S)n1/N=C/c1sc(Nc2ccccc2)nc1Cl. The molecule has 2 N–H and O–H groups in total. The van der Waals surface area contributed by atoms with Gasteiger partial charge in [-0.25, -0.2) is 4.98 Å². The Kier molecular flexibility index (Phi) is 4.85. The lowest BCUT2D eigenvalue weighted by atomic mass is 10.3. The predicted molar refractivity (Wildman–Crippen MR) is 96.6 cm³/mol. The minimum atomic E-state index is 0.394. The van der Waals surface area contributed by atoms with Crippen LogP contribution in [0.1, 0.15) is 17.6 Å². The van der Waals surface area contributed by atoms with Crippen LogP contribution in [-0.2, 0) is 6.42 Å². The van der Waals surface area contributed by atoms with Crippen molar-refractivity contribution < 1.29 is 0 Å². The molecule has 0 aliphatic heterocycles. The molecule has 3 rings (SSSR count). The largest absolute Gasteiger partial charge is 0.331 e. The third kappa shape index (κ3) is 3.66. The van der Waals surface area contributed by atoms with Gasteiger partial charge in [0.05, 0.1) is 11.1 Å². The number of aromatic nitrogens is 4. The van der Waals surface area contributed by atoms with Crippen LogP contribution >= 0.6 is 35.2 Å². The van der Waals surface area contributed by atoms with E-state index in [2.05, 4.69) is 25.6 Å². The molecule has 0 aliphatic carbocycles. The zero-order chi connectivity index (χ0) is 16.2. The molecule has 2 aromatic heterocycles. The molecule has 0 saturated carbocycles. The van der Waals surface area contributed by atoms with Crippen molar-refractivity contribution in [2.24, 2.45) is 5.10 Å². The lowest BCUT2D eigenvalue weighted by Crippen LogP contribution is -1.96. The van der Waals surface area contributed by atoms with Crippen molar-refractivity contribution >= 4 is 52.2 Å². The third-order valence-corrected chi connectivity index (χ3v) is 4.53. The Morgan fingerprint density at radius 1 is 1.43 bits per heavy atom. The zero-order valence-electron chi connectivity index (χ0n) is 12.2. The van der Waals surface area contributed by atoms with Crippen LogP contribution in [0, 0.1) is 4.77 Å².